The molecule has 53 heavy (non-hydrogen) atoms. The molecule has 0 saturated carbocycles. The van der Waals surface area contributed by atoms with E-state index in [4.69, 9.17) is 16.3 Å². The van der Waals surface area contributed by atoms with Gasteiger partial charge >= 0.3 is 0 Å². The maximum Gasteiger partial charge on any atom is 0.261 e. The summed E-state index contributed by atoms with van der Waals surface area (Å²) in [6, 6.07) is 27.8. The number of anilines is 1. The topological polar surface area (TPSA) is 95.3 Å². The minimum Gasteiger partial charge on any atom is -0.508 e. The summed E-state index contributed by atoms with van der Waals surface area (Å²) < 4.78 is 8.00. The molecule has 1 aromatic heterocycles. The van der Waals surface area contributed by atoms with Crippen molar-refractivity contribution in [2.75, 3.05) is 18.6 Å². The zero-order valence-corrected chi connectivity index (χ0v) is 30.6. The van der Waals surface area contributed by atoms with Crippen LogP contribution in [-0.2, 0) is 43.8 Å². The van der Waals surface area contributed by atoms with Gasteiger partial charge in [-0.25, -0.2) is 0 Å². The Morgan fingerprint density at radius 3 is 2.38 bits per heavy atom. The monoisotopic (exact) mass is 728 g/mol. The van der Waals surface area contributed by atoms with Crippen molar-refractivity contribution in [2.24, 2.45) is 0 Å². The highest BCUT2D eigenvalue weighted by atomic mass is 35.5. The Morgan fingerprint density at radius 2 is 1.60 bits per heavy atom. The first kappa shape index (κ1) is 34.5. The second-order valence-corrected chi connectivity index (χ2v) is 14.7. The number of amides is 3. The number of fused-ring (bicyclic) bond motifs is 3. The molecule has 1 N–H and O–H groups in total. The van der Waals surface area contributed by atoms with E-state index in [1.54, 1.807) is 65.4 Å². The average molecular weight is 729 g/mol. The Labute approximate surface area is 314 Å². The number of halogens is 1. The van der Waals surface area contributed by atoms with Crippen LogP contribution in [0, 0.1) is 0 Å². The van der Waals surface area contributed by atoms with E-state index in [1.165, 1.54) is 5.56 Å². The van der Waals surface area contributed by atoms with Crippen LogP contribution in [0.15, 0.2) is 91.0 Å². The SMILES string of the molecule is C[C@@H]1Cc2ccccc2CN1C(=O)c1cc2c(cc1-c1cc(C(=O)N(C)c3ccc(O)cc3)c3n1CCCC3)CN(C(=O)COc1cccc(Cl)c1)C2. The van der Waals surface area contributed by atoms with Crippen molar-refractivity contribution in [3.05, 3.63) is 135 Å². The van der Waals surface area contributed by atoms with E-state index >= 15 is 0 Å². The molecule has 10 heteroatoms. The minimum absolute atomic E-state index is 0.0162. The third-order valence-corrected chi connectivity index (χ3v) is 11.1. The predicted octanol–water partition coefficient (Wildman–Crippen LogP) is 7.64. The van der Waals surface area contributed by atoms with Gasteiger partial charge in [0.15, 0.2) is 6.61 Å². The summed E-state index contributed by atoms with van der Waals surface area (Å²) in [6.07, 6.45) is 3.42. The fourth-order valence-electron chi connectivity index (χ4n) is 7.97. The molecule has 0 bridgehead atoms. The van der Waals surface area contributed by atoms with Crippen molar-refractivity contribution >= 4 is 35.0 Å². The first-order valence-corrected chi connectivity index (χ1v) is 18.5. The number of aromatic hydroxyl groups is 1. The van der Waals surface area contributed by atoms with E-state index < -0.39 is 0 Å². The molecule has 9 nitrogen and oxygen atoms in total. The van der Waals surface area contributed by atoms with Crippen LogP contribution in [0.3, 0.4) is 0 Å². The smallest absolute Gasteiger partial charge is 0.261 e. The summed E-state index contributed by atoms with van der Waals surface area (Å²) in [5.74, 6) is 0.266. The van der Waals surface area contributed by atoms with E-state index in [0.29, 0.717) is 47.2 Å². The number of nitrogens with zero attached hydrogens (tertiary/aromatic N) is 4. The number of hydrogen-bond donors (Lipinski definition) is 1. The summed E-state index contributed by atoms with van der Waals surface area (Å²) in [6.45, 7) is 3.93. The van der Waals surface area contributed by atoms with Gasteiger partial charge in [-0.2, -0.15) is 0 Å². The van der Waals surface area contributed by atoms with Crippen LogP contribution in [0.1, 0.15) is 68.4 Å². The lowest BCUT2D eigenvalue weighted by Gasteiger charge is -2.35. The third kappa shape index (κ3) is 6.66. The highest BCUT2D eigenvalue weighted by Gasteiger charge is 2.34. The number of phenols is 1. The van der Waals surface area contributed by atoms with Gasteiger partial charge < -0.3 is 29.1 Å². The summed E-state index contributed by atoms with van der Waals surface area (Å²) in [7, 11) is 1.74. The highest BCUT2D eigenvalue weighted by molar-refractivity contribution is 6.30. The number of carbonyl (C=O) groups is 3. The molecule has 0 spiro atoms. The molecule has 0 saturated heterocycles. The molecule has 0 unspecified atom stereocenters. The van der Waals surface area contributed by atoms with Gasteiger partial charge in [0, 0.05) is 72.5 Å². The normalized spacial score (nSPS) is 16.1. The van der Waals surface area contributed by atoms with Gasteiger partial charge in [-0.3, -0.25) is 14.4 Å². The van der Waals surface area contributed by atoms with Gasteiger partial charge in [-0.1, -0.05) is 41.9 Å². The third-order valence-electron chi connectivity index (χ3n) is 10.9. The lowest BCUT2D eigenvalue weighted by molar-refractivity contribution is -0.134. The molecular formula is C43H41ClN4O5. The fourth-order valence-corrected chi connectivity index (χ4v) is 8.15. The zero-order valence-electron chi connectivity index (χ0n) is 29.8. The lowest BCUT2D eigenvalue weighted by Crippen LogP contribution is -2.42. The van der Waals surface area contributed by atoms with Crippen LogP contribution in [0.4, 0.5) is 5.69 Å². The molecule has 0 fully saturated rings. The predicted molar refractivity (Wildman–Crippen MR) is 204 cm³/mol. The van der Waals surface area contributed by atoms with Crippen LogP contribution in [0.2, 0.25) is 5.02 Å². The lowest BCUT2D eigenvalue weighted by atomic mass is 9.92. The molecule has 4 heterocycles. The van der Waals surface area contributed by atoms with Gasteiger partial charge in [0.1, 0.15) is 11.5 Å². The molecule has 3 aliphatic heterocycles. The molecule has 0 aliphatic carbocycles. The van der Waals surface area contributed by atoms with Gasteiger partial charge in [-0.05, 0) is 116 Å². The van der Waals surface area contributed by atoms with Crippen LogP contribution in [0.5, 0.6) is 11.5 Å². The second kappa shape index (κ2) is 14.1. The van der Waals surface area contributed by atoms with Crippen LogP contribution >= 0.6 is 11.6 Å². The quantitative estimate of drug-likeness (QED) is 0.186. The highest BCUT2D eigenvalue weighted by Crippen LogP contribution is 2.38. The maximum atomic E-state index is 14.9. The summed E-state index contributed by atoms with van der Waals surface area (Å²) >= 11 is 6.12. The molecule has 3 aliphatic rings. The minimum atomic E-state index is -0.165. The number of aromatic nitrogens is 1. The number of phenolic OH excluding ortho intramolecular Hbond substituents is 1. The van der Waals surface area contributed by atoms with Crippen molar-refractivity contribution in [3.8, 4) is 22.8 Å². The number of carbonyl (C=O) groups excluding carboxylic acids is 3. The van der Waals surface area contributed by atoms with Crippen molar-refractivity contribution in [1.82, 2.24) is 14.4 Å². The Bertz CT molecular complexity index is 2250. The number of benzene rings is 4. The Balaban J connectivity index is 1.17. The van der Waals surface area contributed by atoms with E-state index in [2.05, 4.69) is 29.7 Å². The second-order valence-electron chi connectivity index (χ2n) is 14.3. The van der Waals surface area contributed by atoms with E-state index in [-0.39, 0.29) is 36.1 Å². The molecule has 1 atom stereocenters. The molecule has 4 aromatic carbocycles. The Hall–Kier alpha value is -5.54. The first-order valence-electron chi connectivity index (χ1n) is 18.1. The fraction of sp³-hybridized carbons (Fsp3) is 0.279. The average Bonchev–Trinajstić information content (AvgIpc) is 3.77. The summed E-state index contributed by atoms with van der Waals surface area (Å²) in [4.78, 5) is 47.8. The molecule has 270 valence electrons. The van der Waals surface area contributed by atoms with Gasteiger partial charge in [0.05, 0.1) is 5.56 Å². The van der Waals surface area contributed by atoms with Gasteiger partial charge in [-0.15, -0.1) is 0 Å². The Kier molecular flexibility index (Phi) is 9.20. The van der Waals surface area contributed by atoms with Crippen molar-refractivity contribution in [3.63, 3.8) is 0 Å². The number of hydrogen-bond acceptors (Lipinski definition) is 5. The summed E-state index contributed by atoms with van der Waals surface area (Å²) in [5.41, 5.74) is 8.67. The largest absolute Gasteiger partial charge is 0.508 e. The Morgan fingerprint density at radius 1 is 0.849 bits per heavy atom. The van der Waals surface area contributed by atoms with Crippen molar-refractivity contribution in [1.29, 1.82) is 0 Å². The van der Waals surface area contributed by atoms with Gasteiger partial charge in [0.25, 0.3) is 17.7 Å². The standard InChI is InChI=1S/C43H41ClN4O5/c1-27-18-28-8-3-4-9-29(28)25-48(27)43(52)37-20-31-24-46(41(50)26-53-35-11-7-10-32(44)21-35)23-30(31)19-36(37)40-22-38(39-12-5-6-17-47(39)40)42(51)45(2)33-13-15-34(49)16-14-33/h3-4,7-11,13-16,19-22,27,49H,5-6,12,17-18,23-26H2,1-2H3/t27-/m1/s1. The molecular weight excluding hydrogens is 688 g/mol. The molecule has 0 radical (unpaired) electrons. The van der Waals surface area contributed by atoms with E-state index in [0.717, 1.165) is 65.9 Å². The van der Waals surface area contributed by atoms with Gasteiger partial charge in [0.2, 0.25) is 0 Å². The van der Waals surface area contributed by atoms with Crippen molar-refractivity contribution in [2.45, 2.75) is 64.8 Å². The van der Waals surface area contributed by atoms with Crippen molar-refractivity contribution < 1.29 is 24.2 Å². The number of ether oxygens (including phenoxy) is 1. The van der Waals surface area contributed by atoms with Crippen LogP contribution < -0.4 is 9.64 Å². The first-order chi connectivity index (χ1) is 25.6. The van der Waals surface area contributed by atoms with E-state index in [1.807, 2.05) is 29.2 Å². The molecule has 3 amide bonds. The van der Waals surface area contributed by atoms with Crippen LogP contribution in [-0.4, -0.2) is 56.9 Å². The molecule has 5 aromatic rings. The van der Waals surface area contributed by atoms with Crippen LogP contribution in [0.25, 0.3) is 11.3 Å². The number of rotatable bonds is 7. The van der Waals surface area contributed by atoms with E-state index in [9.17, 15) is 19.5 Å². The summed E-state index contributed by atoms with van der Waals surface area (Å²) in [5, 5.41) is 10.4. The maximum absolute atomic E-state index is 14.9. The zero-order chi connectivity index (χ0) is 36.8. The molecule has 8 rings (SSSR count).